The minimum absolute atomic E-state index is 0.250. The third-order valence-electron chi connectivity index (χ3n) is 5.42. The molecule has 1 aromatic carbocycles. The number of hydrogen-bond donors (Lipinski definition) is 1. The minimum Gasteiger partial charge on any atom is -0.445 e. The highest BCUT2D eigenvalue weighted by atomic mass is 35.5. The number of nitrogens with zero attached hydrogens (tertiary/aromatic N) is 3. The Labute approximate surface area is 199 Å². The molecule has 1 N–H and O–H groups in total. The van der Waals surface area contributed by atoms with Gasteiger partial charge < -0.3 is 9.15 Å². The van der Waals surface area contributed by atoms with Crippen molar-refractivity contribution in [3.63, 3.8) is 0 Å². The number of aromatic nitrogens is 2. The lowest BCUT2D eigenvalue weighted by atomic mass is 10.0. The van der Waals surface area contributed by atoms with E-state index in [1.165, 1.54) is 0 Å². The van der Waals surface area contributed by atoms with Crippen molar-refractivity contribution in [3.05, 3.63) is 68.3 Å². The number of fused-ring (bicyclic) bond motifs is 1. The number of hydrogen-bond acceptors (Lipinski definition) is 5. The Bertz CT molecular complexity index is 1210. The van der Waals surface area contributed by atoms with Gasteiger partial charge in [0.2, 0.25) is 0 Å². The van der Waals surface area contributed by atoms with Crippen LogP contribution in [0.15, 0.2) is 34.7 Å². The molecule has 0 radical (unpaired) electrons. The summed E-state index contributed by atoms with van der Waals surface area (Å²) in [4.78, 5) is 13.1. The molecule has 0 unspecified atom stereocenters. The van der Waals surface area contributed by atoms with Gasteiger partial charge in [-0.15, -0.1) is 0 Å². The Morgan fingerprint density at radius 3 is 2.62 bits per heavy atom. The first kappa shape index (κ1) is 21.6. The van der Waals surface area contributed by atoms with Gasteiger partial charge in [-0.2, -0.15) is 5.10 Å². The molecule has 32 heavy (non-hydrogen) atoms. The second kappa shape index (κ2) is 8.92. The number of halogens is 3. The zero-order valence-electron chi connectivity index (χ0n) is 16.9. The lowest BCUT2D eigenvalue weighted by molar-refractivity contribution is 0.0813. The van der Waals surface area contributed by atoms with Gasteiger partial charge in [0.1, 0.15) is 5.76 Å². The van der Waals surface area contributed by atoms with Crippen LogP contribution in [0, 0.1) is 0 Å². The summed E-state index contributed by atoms with van der Waals surface area (Å²) in [5.74, 6) is 0.289. The molecule has 4 heterocycles. The molecule has 0 bridgehead atoms. The van der Waals surface area contributed by atoms with Crippen LogP contribution in [0.4, 0.5) is 0 Å². The topological polar surface area (TPSA) is 72.5 Å². The molecular weight excluding hydrogens is 475 g/mol. The normalized spacial score (nSPS) is 17.7. The van der Waals surface area contributed by atoms with Gasteiger partial charge in [0.05, 0.1) is 29.6 Å². The van der Waals surface area contributed by atoms with E-state index in [1.807, 2.05) is 11.1 Å². The van der Waals surface area contributed by atoms with E-state index in [2.05, 4.69) is 10.5 Å². The summed E-state index contributed by atoms with van der Waals surface area (Å²) >= 11 is 18.5. The van der Waals surface area contributed by atoms with E-state index in [-0.39, 0.29) is 17.7 Å². The lowest BCUT2D eigenvalue weighted by Crippen LogP contribution is -2.40. The van der Waals surface area contributed by atoms with Gasteiger partial charge in [-0.05, 0) is 60.9 Å². The van der Waals surface area contributed by atoms with Gasteiger partial charge in [-0.25, -0.2) is 9.69 Å². The number of nitrogens with one attached hydrogen (secondary N) is 1. The third kappa shape index (κ3) is 4.19. The fourth-order valence-electron chi connectivity index (χ4n) is 3.97. The maximum atomic E-state index is 13.1. The summed E-state index contributed by atoms with van der Waals surface area (Å²) in [6.45, 7) is 2.20. The highest BCUT2D eigenvalue weighted by molar-refractivity contribution is 6.35. The van der Waals surface area contributed by atoms with E-state index in [0.717, 1.165) is 37.2 Å². The summed E-state index contributed by atoms with van der Waals surface area (Å²) in [5, 5.41) is 7.79. The molecule has 0 atom stereocenters. The summed E-state index contributed by atoms with van der Waals surface area (Å²) in [6.07, 6.45) is 3.93. The number of rotatable bonds is 4. The van der Waals surface area contributed by atoms with Crippen molar-refractivity contribution < 1.29 is 13.9 Å². The van der Waals surface area contributed by atoms with Crippen molar-refractivity contribution in [1.82, 2.24) is 20.2 Å². The van der Waals surface area contributed by atoms with Gasteiger partial charge in [0, 0.05) is 29.2 Å². The minimum atomic E-state index is -0.280. The summed E-state index contributed by atoms with van der Waals surface area (Å²) in [6, 6.07) is 8.58. The number of hydrazine groups is 1. The van der Waals surface area contributed by atoms with Crippen molar-refractivity contribution in [1.29, 1.82) is 0 Å². The van der Waals surface area contributed by atoms with Crippen LogP contribution in [0.5, 0.6) is 0 Å². The van der Waals surface area contributed by atoms with E-state index < -0.39 is 0 Å². The van der Waals surface area contributed by atoms with E-state index >= 15 is 0 Å². The molecule has 1 fully saturated rings. The molecule has 7 nitrogen and oxygen atoms in total. The predicted molar refractivity (Wildman–Crippen MR) is 123 cm³/mol. The summed E-state index contributed by atoms with van der Waals surface area (Å²) in [7, 11) is 0. The van der Waals surface area contributed by atoms with Gasteiger partial charge >= 0.3 is 0 Å². The van der Waals surface area contributed by atoms with Crippen molar-refractivity contribution in [2.24, 2.45) is 0 Å². The maximum absolute atomic E-state index is 13.1. The van der Waals surface area contributed by atoms with Crippen LogP contribution in [-0.4, -0.2) is 40.4 Å². The molecule has 166 valence electrons. The first-order valence-electron chi connectivity index (χ1n) is 10.2. The second-order valence-electron chi connectivity index (χ2n) is 7.62. The highest BCUT2D eigenvalue weighted by Gasteiger charge is 2.31. The quantitative estimate of drug-likeness (QED) is 0.538. The van der Waals surface area contributed by atoms with Crippen LogP contribution in [0.3, 0.4) is 0 Å². The average molecular weight is 494 g/mol. The molecule has 2 aliphatic heterocycles. The molecule has 0 spiro atoms. The van der Waals surface area contributed by atoms with Crippen LogP contribution in [0.25, 0.3) is 17.3 Å². The number of furan rings is 1. The van der Waals surface area contributed by atoms with Crippen molar-refractivity contribution in [2.45, 2.75) is 19.4 Å². The van der Waals surface area contributed by atoms with Gasteiger partial charge in [-0.1, -0.05) is 23.2 Å². The Morgan fingerprint density at radius 1 is 1.09 bits per heavy atom. The number of ether oxygens (including phenoxy) is 1. The van der Waals surface area contributed by atoms with Crippen molar-refractivity contribution >= 4 is 52.4 Å². The molecule has 3 aromatic rings. The van der Waals surface area contributed by atoms with Gasteiger partial charge in [0.25, 0.3) is 5.91 Å². The Kier molecular flexibility index (Phi) is 6.01. The lowest BCUT2D eigenvalue weighted by Gasteiger charge is -2.19. The maximum Gasteiger partial charge on any atom is 0.286 e. The van der Waals surface area contributed by atoms with Crippen LogP contribution >= 0.6 is 34.8 Å². The summed E-state index contributed by atoms with van der Waals surface area (Å²) in [5.41, 5.74) is 6.06. The van der Waals surface area contributed by atoms with Gasteiger partial charge in [0.15, 0.2) is 10.9 Å². The monoisotopic (exact) mass is 492 g/mol. The molecule has 1 saturated heterocycles. The molecule has 0 saturated carbocycles. The molecule has 0 aliphatic carbocycles. The molecule has 5 rings (SSSR count). The fourth-order valence-corrected chi connectivity index (χ4v) is 4.61. The average Bonchev–Trinajstić information content (AvgIpc) is 3.49. The Balaban J connectivity index is 1.64. The van der Waals surface area contributed by atoms with Crippen molar-refractivity contribution in [2.75, 3.05) is 19.7 Å². The third-order valence-corrected chi connectivity index (χ3v) is 6.16. The molecular formula is C22H19Cl3N4O3. The Hall–Kier alpha value is -2.29. The second-order valence-corrected chi connectivity index (χ2v) is 8.84. The molecule has 10 heteroatoms. The fraction of sp³-hybridized carbons (Fsp3) is 0.273. The number of carbonyl (C=O) groups is 1. The summed E-state index contributed by atoms with van der Waals surface area (Å²) < 4.78 is 13.0. The largest absolute Gasteiger partial charge is 0.445 e. The molecule has 2 aromatic heterocycles. The van der Waals surface area contributed by atoms with Crippen LogP contribution in [0.2, 0.25) is 15.3 Å². The SMILES string of the molecule is O=C(NN1CCCC1)c1nn(-c2ccc(Cl)cc2Cl)c2c1COCC2=Cc1ccc(Cl)o1. The van der Waals surface area contributed by atoms with E-state index in [4.69, 9.17) is 44.0 Å². The van der Waals surface area contributed by atoms with Gasteiger partial charge in [-0.3, -0.25) is 10.2 Å². The number of amides is 1. The first-order valence-corrected chi connectivity index (χ1v) is 11.3. The number of benzene rings is 1. The van der Waals surface area contributed by atoms with Crippen LogP contribution in [-0.2, 0) is 11.3 Å². The molecule has 2 aliphatic rings. The van der Waals surface area contributed by atoms with E-state index in [1.54, 1.807) is 35.0 Å². The standard InChI is InChI=1S/C22H19Cl3N4O3/c23-14-3-5-18(17(24)10-14)29-21-13(9-15-4-6-19(25)32-15)11-31-12-16(21)20(26-29)22(30)27-28-7-1-2-8-28/h3-6,9-10H,1-2,7-8,11-12H2,(H,27,30). The first-order chi connectivity index (χ1) is 15.5. The smallest absolute Gasteiger partial charge is 0.286 e. The van der Waals surface area contributed by atoms with E-state index in [0.29, 0.717) is 39.4 Å². The van der Waals surface area contributed by atoms with Crippen LogP contribution in [0.1, 0.15) is 40.3 Å². The number of carbonyl (C=O) groups excluding carboxylic acids is 1. The van der Waals surface area contributed by atoms with E-state index in [9.17, 15) is 4.79 Å². The van der Waals surface area contributed by atoms with Crippen LogP contribution < -0.4 is 5.43 Å². The molecule has 1 amide bonds. The zero-order chi connectivity index (χ0) is 22.2. The predicted octanol–water partition coefficient (Wildman–Crippen LogP) is 5.24. The Morgan fingerprint density at radius 2 is 1.91 bits per heavy atom. The zero-order valence-corrected chi connectivity index (χ0v) is 19.2. The van der Waals surface area contributed by atoms with Crippen molar-refractivity contribution in [3.8, 4) is 5.69 Å². The highest BCUT2D eigenvalue weighted by Crippen LogP contribution is 2.35.